The van der Waals surface area contributed by atoms with Crippen LogP contribution in [0.25, 0.3) is 11.0 Å². The number of hydrogen-bond donors (Lipinski definition) is 1. The Morgan fingerprint density at radius 2 is 1.77 bits per heavy atom. The van der Waals surface area contributed by atoms with Crippen LogP contribution >= 0.6 is 0 Å². The second-order valence-corrected chi connectivity index (χ2v) is 11.2. The molecule has 4 atom stereocenters. The molecular formula is C30H34F3N7O3. The highest BCUT2D eigenvalue weighted by atomic mass is 19.4. The molecule has 0 aliphatic carbocycles. The summed E-state index contributed by atoms with van der Waals surface area (Å²) in [5.74, 6) is 0.0933. The molecule has 4 heterocycles. The molecule has 228 valence electrons. The maximum atomic E-state index is 14.0. The number of pyridine rings is 1. The molecule has 1 amide bonds. The second-order valence-electron chi connectivity index (χ2n) is 11.2. The number of carbonyl (C=O) groups is 1. The molecule has 2 aliphatic rings. The maximum absolute atomic E-state index is 14.0. The number of nitrogens with zero attached hydrogens (tertiary/aromatic N) is 7. The van der Waals surface area contributed by atoms with E-state index >= 15 is 0 Å². The summed E-state index contributed by atoms with van der Waals surface area (Å²) < 4.78 is 41.5. The molecule has 1 aromatic carbocycles. The standard InChI is InChI=1S/C30H34F3N7O3/c1-4-21-16-40(27-25-24(37(3)29(43)36-27)11-10-20(14-34)35-25)22(5-2)15-39(21)26(28(42)38-13-12-23(41)17-38)18-6-8-19(9-7-18)30(31,32)33/h6-11,21-23,26,41H,4-5,12-13,15-17H2,1-3H3/t21-,22+,23+,26?/m1/s1. The smallest absolute Gasteiger partial charge is 0.391 e. The van der Waals surface area contributed by atoms with E-state index in [0.29, 0.717) is 61.3 Å². The van der Waals surface area contributed by atoms with Gasteiger partial charge in [-0.25, -0.2) is 9.78 Å². The number of rotatable bonds is 6. The van der Waals surface area contributed by atoms with Crippen molar-refractivity contribution in [2.75, 3.05) is 31.1 Å². The number of aliphatic hydroxyl groups is 1. The van der Waals surface area contributed by atoms with Crippen molar-refractivity contribution >= 4 is 22.8 Å². The van der Waals surface area contributed by atoms with Gasteiger partial charge < -0.3 is 14.9 Å². The molecule has 13 heteroatoms. The number of anilines is 1. The Morgan fingerprint density at radius 3 is 2.35 bits per heavy atom. The van der Waals surface area contributed by atoms with Crippen LogP contribution in [0.2, 0.25) is 0 Å². The number of hydrogen-bond acceptors (Lipinski definition) is 8. The number of amides is 1. The zero-order valence-corrected chi connectivity index (χ0v) is 24.3. The van der Waals surface area contributed by atoms with Crippen LogP contribution in [0.5, 0.6) is 0 Å². The molecule has 0 saturated carbocycles. The first kappa shape index (κ1) is 30.4. The third-order valence-corrected chi connectivity index (χ3v) is 8.60. The molecule has 0 bridgehead atoms. The Bertz CT molecular complexity index is 1600. The Morgan fingerprint density at radius 1 is 1.07 bits per heavy atom. The Labute approximate surface area is 247 Å². The van der Waals surface area contributed by atoms with E-state index < -0.39 is 29.6 Å². The fourth-order valence-corrected chi connectivity index (χ4v) is 6.18. The van der Waals surface area contributed by atoms with Gasteiger partial charge in [0.25, 0.3) is 0 Å². The summed E-state index contributed by atoms with van der Waals surface area (Å²) in [5.41, 5.74) is 0.321. The highest BCUT2D eigenvalue weighted by Gasteiger charge is 2.43. The molecule has 5 rings (SSSR count). The van der Waals surface area contributed by atoms with Crippen LogP contribution in [0.4, 0.5) is 19.0 Å². The lowest BCUT2D eigenvalue weighted by Gasteiger charge is -2.49. The van der Waals surface area contributed by atoms with Crippen molar-refractivity contribution in [1.29, 1.82) is 5.26 Å². The summed E-state index contributed by atoms with van der Waals surface area (Å²) in [7, 11) is 1.59. The number of aliphatic hydroxyl groups excluding tert-OH is 1. The number of aromatic nitrogens is 3. The monoisotopic (exact) mass is 597 g/mol. The number of aryl methyl sites for hydroxylation is 1. The van der Waals surface area contributed by atoms with Crippen molar-refractivity contribution in [3.8, 4) is 6.07 Å². The highest BCUT2D eigenvalue weighted by molar-refractivity contribution is 5.87. The van der Waals surface area contributed by atoms with E-state index in [-0.39, 0.29) is 30.2 Å². The number of piperazine rings is 1. The molecule has 1 N–H and O–H groups in total. The molecule has 2 saturated heterocycles. The fraction of sp³-hybridized carbons (Fsp3) is 0.500. The first-order valence-corrected chi connectivity index (χ1v) is 14.4. The molecule has 43 heavy (non-hydrogen) atoms. The second kappa shape index (κ2) is 11.9. The van der Waals surface area contributed by atoms with Crippen LogP contribution in [0, 0.1) is 11.3 Å². The molecule has 3 aromatic rings. The van der Waals surface area contributed by atoms with Crippen molar-refractivity contribution < 1.29 is 23.1 Å². The maximum Gasteiger partial charge on any atom is 0.416 e. The topological polar surface area (TPSA) is 119 Å². The van der Waals surface area contributed by atoms with Crippen LogP contribution in [0.15, 0.2) is 41.2 Å². The molecule has 10 nitrogen and oxygen atoms in total. The lowest BCUT2D eigenvalue weighted by Crippen LogP contribution is -2.61. The number of alkyl halides is 3. The summed E-state index contributed by atoms with van der Waals surface area (Å²) in [6, 6.07) is 8.64. The van der Waals surface area contributed by atoms with Crippen LogP contribution < -0.4 is 10.6 Å². The first-order chi connectivity index (χ1) is 20.5. The third kappa shape index (κ3) is 5.81. The van der Waals surface area contributed by atoms with Crippen molar-refractivity contribution in [3.05, 3.63) is 63.7 Å². The number of halogens is 3. The molecule has 2 aliphatic heterocycles. The van der Waals surface area contributed by atoms with Gasteiger partial charge in [-0.3, -0.25) is 14.3 Å². The van der Waals surface area contributed by atoms with Gasteiger partial charge in [-0.15, -0.1) is 0 Å². The van der Waals surface area contributed by atoms with Crippen LogP contribution in [0.1, 0.15) is 56.0 Å². The summed E-state index contributed by atoms with van der Waals surface area (Å²) >= 11 is 0. The first-order valence-electron chi connectivity index (χ1n) is 14.4. The van der Waals surface area contributed by atoms with Crippen molar-refractivity contribution in [2.24, 2.45) is 7.05 Å². The van der Waals surface area contributed by atoms with Crippen molar-refractivity contribution in [2.45, 2.75) is 63.5 Å². The molecule has 0 radical (unpaired) electrons. The van der Waals surface area contributed by atoms with Gasteiger partial charge in [0.2, 0.25) is 5.91 Å². The van der Waals surface area contributed by atoms with Gasteiger partial charge >= 0.3 is 11.9 Å². The van der Waals surface area contributed by atoms with E-state index in [1.165, 1.54) is 16.7 Å². The summed E-state index contributed by atoms with van der Waals surface area (Å²) in [6.45, 7) is 5.21. The van der Waals surface area contributed by atoms with Gasteiger partial charge in [0.15, 0.2) is 5.82 Å². The summed E-state index contributed by atoms with van der Waals surface area (Å²) in [4.78, 5) is 41.4. The van der Waals surface area contributed by atoms with Crippen molar-refractivity contribution in [3.63, 3.8) is 0 Å². The van der Waals surface area contributed by atoms with Gasteiger partial charge in [-0.05, 0) is 49.1 Å². The summed E-state index contributed by atoms with van der Waals surface area (Å²) in [5, 5.41) is 19.6. The molecule has 1 unspecified atom stereocenters. The van der Waals surface area contributed by atoms with Gasteiger partial charge in [-0.1, -0.05) is 26.0 Å². The van der Waals surface area contributed by atoms with Gasteiger partial charge in [-0.2, -0.15) is 23.4 Å². The third-order valence-electron chi connectivity index (χ3n) is 8.60. The molecular weight excluding hydrogens is 563 g/mol. The highest BCUT2D eigenvalue weighted by Crippen LogP contribution is 2.36. The van der Waals surface area contributed by atoms with E-state index in [9.17, 15) is 33.1 Å². The quantitative estimate of drug-likeness (QED) is 0.460. The normalized spacial score (nSPS) is 22.1. The number of benzene rings is 1. The fourth-order valence-electron chi connectivity index (χ4n) is 6.18. The molecule has 2 aromatic heterocycles. The van der Waals surface area contributed by atoms with E-state index in [2.05, 4.69) is 9.97 Å². The van der Waals surface area contributed by atoms with E-state index in [1.54, 1.807) is 24.1 Å². The lowest BCUT2D eigenvalue weighted by molar-refractivity contribution is -0.138. The predicted molar refractivity (Wildman–Crippen MR) is 153 cm³/mol. The lowest BCUT2D eigenvalue weighted by atomic mass is 9.94. The zero-order chi connectivity index (χ0) is 31.1. The SMILES string of the molecule is CC[C@H]1CN(C(C(=O)N2CC[C@H](O)C2)c2ccc(C(F)(F)F)cc2)[C@H](CC)CN1c1nc(=O)n(C)c2ccc(C#N)nc12. The van der Waals surface area contributed by atoms with E-state index in [1.807, 2.05) is 29.7 Å². The number of likely N-dealkylation sites (tertiary alicyclic amines) is 1. The minimum absolute atomic E-state index is 0.167. The largest absolute Gasteiger partial charge is 0.416 e. The number of fused-ring (bicyclic) bond motifs is 1. The van der Waals surface area contributed by atoms with Crippen LogP contribution in [-0.2, 0) is 18.0 Å². The zero-order valence-electron chi connectivity index (χ0n) is 24.3. The number of β-amino-alcohol motifs (C(OH)–C–C–N with tert-alkyl or cyclic N) is 1. The van der Waals surface area contributed by atoms with Crippen LogP contribution in [0.3, 0.4) is 0 Å². The minimum atomic E-state index is -4.51. The van der Waals surface area contributed by atoms with Crippen LogP contribution in [-0.4, -0.2) is 79.7 Å². The van der Waals surface area contributed by atoms with E-state index in [4.69, 9.17) is 0 Å². The minimum Gasteiger partial charge on any atom is -0.391 e. The Balaban J connectivity index is 1.57. The van der Waals surface area contributed by atoms with Gasteiger partial charge in [0, 0.05) is 45.3 Å². The summed E-state index contributed by atoms with van der Waals surface area (Å²) in [6.07, 6.45) is -3.51. The Hall–Kier alpha value is -4.02. The number of nitriles is 1. The number of carbonyl (C=O) groups excluding carboxylic acids is 1. The molecule has 2 fully saturated rings. The van der Waals surface area contributed by atoms with Gasteiger partial charge in [0.05, 0.1) is 17.2 Å². The van der Waals surface area contributed by atoms with Gasteiger partial charge in [0.1, 0.15) is 23.3 Å². The molecule has 0 spiro atoms. The average Bonchev–Trinajstić information content (AvgIpc) is 3.44. The predicted octanol–water partition coefficient (Wildman–Crippen LogP) is 3.23. The Kier molecular flexibility index (Phi) is 8.45. The van der Waals surface area contributed by atoms with E-state index in [0.717, 1.165) is 12.1 Å². The average molecular weight is 598 g/mol. The van der Waals surface area contributed by atoms with Crippen molar-refractivity contribution in [1.82, 2.24) is 24.3 Å².